The zero-order valence-corrected chi connectivity index (χ0v) is 48.5. The molecule has 0 bridgehead atoms. The molecule has 0 spiro atoms. The Morgan fingerprint density at radius 3 is 1.28 bits per heavy atom. The molecule has 0 aliphatic carbocycles. The molecule has 0 saturated carbocycles. The topological polar surface area (TPSA) is 105 Å². The Labute approximate surface area is 446 Å². The van der Waals surface area contributed by atoms with Gasteiger partial charge in [-0.05, 0) is 77.0 Å². The number of rotatable bonds is 54. The van der Waals surface area contributed by atoms with Gasteiger partial charge in [-0.2, -0.15) is 0 Å². The van der Waals surface area contributed by atoms with Crippen molar-refractivity contribution in [3.8, 4) is 0 Å². The average molecular weight is 1030 g/mol. The number of phosphoric ester groups is 1. The Hall–Kier alpha value is -2.32. The maximum Gasteiger partial charge on any atom is 0.472 e. The Morgan fingerprint density at radius 1 is 0.486 bits per heavy atom. The molecule has 0 aliphatic heterocycles. The average Bonchev–Trinajstić information content (AvgIpc) is 3.34. The van der Waals surface area contributed by atoms with Crippen LogP contribution >= 0.6 is 7.82 Å². The van der Waals surface area contributed by atoms with Gasteiger partial charge in [0.2, 0.25) is 5.91 Å². The predicted molar refractivity (Wildman–Crippen MR) is 313 cm³/mol. The van der Waals surface area contributed by atoms with Gasteiger partial charge in [0.05, 0.1) is 39.9 Å². The van der Waals surface area contributed by atoms with Gasteiger partial charge in [0.1, 0.15) is 13.2 Å². The van der Waals surface area contributed by atoms with Crippen LogP contribution in [0.25, 0.3) is 0 Å². The molecule has 3 atom stereocenters. The Bertz CT molecular complexity index is 1450. The second-order valence-electron chi connectivity index (χ2n) is 21.3. The summed E-state index contributed by atoms with van der Waals surface area (Å²) >= 11 is 0. The van der Waals surface area contributed by atoms with E-state index in [1.807, 2.05) is 27.2 Å². The molecule has 0 heterocycles. The van der Waals surface area contributed by atoms with Crippen LogP contribution in [-0.2, 0) is 18.4 Å². The monoisotopic (exact) mass is 1030 g/mol. The number of hydrogen-bond donors (Lipinski definition) is 3. The van der Waals surface area contributed by atoms with Gasteiger partial charge in [-0.25, -0.2) is 4.57 Å². The number of unbranched alkanes of at least 4 members (excludes halogenated alkanes) is 29. The number of phosphoric acid groups is 1. The lowest BCUT2D eigenvalue weighted by molar-refractivity contribution is -0.870. The van der Waals surface area contributed by atoms with E-state index in [4.69, 9.17) is 9.05 Å². The van der Waals surface area contributed by atoms with Crippen molar-refractivity contribution >= 4 is 13.7 Å². The van der Waals surface area contributed by atoms with Gasteiger partial charge in [-0.15, -0.1) is 0 Å². The quantitative estimate of drug-likeness (QED) is 0.0243. The largest absolute Gasteiger partial charge is 0.472 e. The predicted octanol–water partition coefficient (Wildman–Crippen LogP) is 18.4. The first-order valence-electron chi connectivity index (χ1n) is 30.0. The van der Waals surface area contributed by atoms with Crippen LogP contribution in [0.15, 0.2) is 85.1 Å². The van der Waals surface area contributed by atoms with E-state index < -0.39 is 20.0 Å². The van der Waals surface area contributed by atoms with Crippen LogP contribution in [-0.4, -0.2) is 73.4 Å². The van der Waals surface area contributed by atoms with E-state index in [1.54, 1.807) is 6.08 Å². The number of nitrogens with one attached hydrogen (secondary N) is 1. The van der Waals surface area contributed by atoms with E-state index in [-0.39, 0.29) is 19.1 Å². The highest BCUT2D eigenvalue weighted by molar-refractivity contribution is 7.47. The summed E-state index contributed by atoms with van der Waals surface area (Å²) < 4.78 is 23.7. The van der Waals surface area contributed by atoms with Crippen LogP contribution in [0.4, 0.5) is 0 Å². The fraction of sp³-hybridized carbons (Fsp3) is 0.762. The molecular formula is C63H116N2O6P+. The molecule has 0 aromatic carbocycles. The SMILES string of the molecule is CC/C=C\C/C=C\C/C=C\C/C=C\C/C=C\CCCCCC(=O)NC(COP(=O)(O)OCC[N+](C)(C)C)C(O)/C=C/CC/C=C/CCCCCCCCCCCCCCCCCCCCCCCCCCC. The van der Waals surface area contributed by atoms with Gasteiger partial charge >= 0.3 is 7.82 Å². The number of likely N-dealkylation sites (N-methyl/N-ethyl adjacent to an activating group) is 1. The normalized spacial score (nSPS) is 14.5. The first-order valence-corrected chi connectivity index (χ1v) is 31.5. The van der Waals surface area contributed by atoms with Crippen molar-refractivity contribution < 1.29 is 32.9 Å². The summed E-state index contributed by atoms with van der Waals surface area (Å²) in [4.78, 5) is 23.3. The lowest BCUT2D eigenvalue weighted by Gasteiger charge is -2.25. The van der Waals surface area contributed by atoms with Gasteiger partial charge in [0.25, 0.3) is 0 Å². The van der Waals surface area contributed by atoms with Crippen molar-refractivity contribution in [3.63, 3.8) is 0 Å². The third-order valence-corrected chi connectivity index (χ3v) is 14.1. The van der Waals surface area contributed by atoms with E-state index in [2.05, 4.69) is 92.1 Å². The van der Waals surface area contributed by atoms with Crippen molar-refractivity contribution in [2.24, 2.45) is 0 Å². The Kier molecular flexibility index (Phi) is 51.8. The first-order chi connectivity index (χ1) is 35.0. The van der Waals surface area contributed by atoms with E-state index in [1.165, 1.54) is 161 Å². The third-order valence-electron chi connectivity index (χ3n) is 13.1. The Morgan fingerprint density at radius 2 is 0.847 bits per heavy atom. The first kappa shape index (κ1) is 69.7. The molecule has 3 N–H and O–H groups in total. The van der Waals surface area contributed by atoms with Gasteiger partial charge in [0, 0.05) is 6.42 Å². The summed E-state index contributed by atoms with van der Waals surface area (Å²) in [5, 5.41) is 13.9. The van der Waals surface area contributed by atoms with E-state index >= 15 is 0 Å². The van der Waals surface area contributed by atoms with Crippen molar-refractivity contribution in [3.05, 3.63) is 85.1 Å². The highest BCUT2D eigenvalue weighted by atomic mass is 31.2. The van der Waals surface area contributed by atoms with Crippen molar-refractivity contribution in [1.29, 1.82) is 0 Å². The van der Waals surface area contributed by atoms with Crippen LogP contribution < -0.4 is 5.32 Å². The molecule has 1 amide bonds. The number of quaternary nitrogens is 1. The second kappa shape index (κ2) is 53.5. The van der Waals surface area contributed by atoms with Crippen LogP contribution in [0.3, 0.4) is 0 Å². The van der Waals surface area contributed by atoms with Gasteiger partial charge in [-0.3, -0.25) is 13.8 Å². The number of nitrogens with zero attached hydrogens (tertiary/aromatic N) is 1. The summed E-state index contributed by atoms with van der Waals surface area (Å²) in [5.74, 6) is -0.219. The van der Waals surface area contributed by atoms with Crippen molar-refractivity contribution in [2.45, 2.75) is 270 Å². The molecule has 3 unspecified atom stereocenters. The lowest BCUT2D eigenvalue weighted by atomic mass is 10.0. The molecule has 0 aromatic heterocycles. The minimum atomic E-state index is -4.37. The summed E-state index contributed by atoms with van der Waals surface area (Å²) in [6, 6.07) is -0.887. The van der Waals surface area contributed by atoms with Crippen LogP contribution in [0.1, 0.15) is 258 Å². The summed E-state index contributed by atoms with van der Waals surface area (Å²) in [7, 11) is 1.52. The van der Waals surface area contributed by atoms with E-state index in [0.717, 1.165) is 70.6 Å². The molecule has 0 radical (unpaired) electrons. The van der Waals surface area contributed by atoms with Crippen molar-refractivity contribution in [2.75, 3.05) is 40.9 Å². The Balaban J connectivity index is 4.23. The molecule has 0 saturated heterocycles. The molecule has 8 nitrogen and oxygen atoms in total. The third kappa shape index (κ3) is 55.4. The number of carbonyl (C=O) groups is 1. The number of hydrogen-bond acceptors (Lipinski definition) is 5. The maximum atomic E-state index is 13.0. The molecular weight excluding hydrogens is 912 g/mol. The van der Waals surface area contributed by atoms with Gasteiger partial charge in [-0.1, -0.05) is 259 Å². The van der Waals surface area contributed by atoms with Crippen LogP contribution in [0, 0.1) is 0 Å². The highest BCUT2D eigenvalue weighted by Gasteiger charge is 2.27. The summed E-state index contributed by atoms with van der Waals surface area (Å²) in [6.07, 6.45) is 75.7. The highest BCUT2D eigenvalue weighted by Crippen LogP contribution is 2.43. The number of aliphatic hydroxyl groups excluding tert-OH is 1. The lowest BCUT2D eigenvalue weighted by Crippen LogP contribution is -2.45. The fourth-order valence-corrected chi connectivity index (χ4v) is 9.17. The zero-order chi connectivity index (χ0) is 52.7. The van der Waals surface area contributed by atoms with Gasteiger partial charge in [0.15, 0.2) is 0 Å². The number of amides is 1. The fourth-order valence-electron chi connectivity index (χ4n) is 8.44. The number of carbonyl (C=O) groups excluding carboxylic acids is 1. The molecule has 0 fully saturated rings. The maximum absolute atomic E-state index is 13.0. The minimum absolute atomic E-state index is 0.0452. The molecule has 9 heteroatoms. The molecule has 418 valence electrons. The minimum Gasteiger partial charge on any atom is -0.387 e. The summed E-state index contributed by atoms with van der Waals surface area (Å²) in [6.45, 7) is 4.67. The van der Waals surface area contributed by atoms with Crippen molar-refractivity contribution in [1.82, 2.24) is 5.32 Å². The number of aliphatic hydroxyl groups is 1. The molecule has 0 aromatic rings. The van der Waals surface area contributed by atoms with Crippen LogP contribution in [0.5, 0.6) is 0 Å². The second-order valence-corrected chi connectivity index (χ2v) is 22.8. The zero-order valence-electron chi connectivity index (χ0n) is 47.7. The number of allylic oxidation sites excluding steroid dienone is 13. The molecule has 72 heavy (non-hydrogen) atoms. The standard InChI is InChI=1S/C63H115N2O6P/c1-6-8-10-12-14-16-18-20-22-24-26-27-28-29-30-31-32-33-34-35-36-37-39-40-42-44-46-48-50-52-54-56-62(66)61(60-71-72(68,69)70-59-58-65(3,4)5)64-63(67)57-55-53-51-49-47-45-43-41-38-25-23-21-19-17-15-13-11-9-7-2/h9,11,15,17,21,23,38,41,45-48,54,56,61-62,66H,6-8,10,12-14,16,18-20,22,24-37,39-40,42-44,49-53,55,57-60H2,1-5H3,(H-,64,67,68,69)/p+1/b11-9-,17-15-,23-21-,41-38-,47-45-,48-46+,56-54+. The van der Waals surface area contributed by atoms with E-state index in [0.29, 0.717) is 23.9 Å². The molecule has 0 aliphatic rings. The van der Waals surface area contributed by atoms with Crippen LogP contribution in [0.2, 0.25) is 0 Å². The summed E-state index contributed by atoms with van der Waals surface area (Å²) in [5.41, 5.74) is 0. The van der Waals surface area contributed by atoms with Gasteiger partial charge < -0.3 is 19.8 Å². The van der Waals surface area contributed by atoms with E-state index in [9.17, 15) is 19.4 Å². The smallest absolute Gasteiger partial charge is 0.387 e. The molecule has 0 rings (SSSR count).